The molecule has 1 amide bonds. The summed E-state index contributed by atoms with van der Waals surface area (Å²) in [6.07, 6.45) is -0.997. The highest BCUT2D eigenvalue weighted by Gasteiger charge is 2.41. The molecular formula is C19H21N3O4. The Morgan fingerprint density at radius 1 is 1.15 bits per heavy atom. The maximum absolute atomic E-state index is 12.8. The molecule has 2 aliphatic rings. The van der Waals surface area contributed by atoms with Gasteiger partial charge in [0.05, 0.1) is 12.2 Å². The molecule has 2 aliphatic heterocycles. The van der Waals surface area contributed by atoms with E-state index in [1.807, 2.05) is 32.0 Å². The molecule has 0 aliphatic carbocycles. The number of fused-ring (bicyclic) bond motifs is 1. The summed E-state index contributed by atoms with van der Waals surface area (Å²) in [4.78, 5) is 26.4. The van der Waals surface area contributed by atoms with Gasteiger partial charge in [0.1, 0.15) is 6.10 Å². The van der Waals surface area contributed by atoms with E-state index in [2.05, 4.69) is 5.10 Å². The third-order valence-corrected chi connectivity index (χ3v) is 4.79. The van der Waals surface area contributed by atoms with Crippen LogP contribution in [0.15, 0.2) is 41.2 Å². The highest BCUT2D eigenvalue weighted by atomic mass is 16.6. The van der Waals surface area contributed by atoms with Gasteiger partial charge in [0.2, 0.25) is 6.10 Å². The predicted octanol–water partition coefficient (Wildman–Crippen LogP) is 1.24. The molecule has 0 N–H and O–H groups in total. The van der Waals surface area contributed by atoms with Gasteiger partial charge in [-0.3, -0.25) is 9.59 Å². The van der Waals surface area contributed by atoms with E-state index in [4.69, 9.17) is 9.47 Å². The minimum absolute atomic E-state index is 0.0761. The summed E-state index contributed by atoms with van der Waals surface area (Å²) in [7, 11) is 0. The molecule has 136 valence electrons. The van der Waals surface area contributed by atoms with Gasteiger partial charge in [0, 0.05) is 25.1 Å². The summed E-state index contributed by atoms with van der Waals surface area (Å²) in [6.45, 7) is 5.40. The fourth-order valence-corrected chi connectivity index (χ4v) is 3.36. The van der Waals surface area contributed by atoms with Crippen molar-refractivity contribution < 1.29 is 14.3 Å². The number of likely N-dealkylation sites (tertiary alicyclic amines) is 1. The van der Waals surface area contributed by atoms with Gasteiger partial charge >= 0.3 is 0 Å². The van der Waals surface area contributed by atoms with Gasteiger partial charge < -0.3 is 14.4 Å². The number of hydrogen-bond acceptors (Lipinski definition) is 5. The van der Waals surface area contributed by atoms with E-state index in [1.54, 1.807) is 17.0 Å². The largest absolute Gasteiger partial charge is 0.482 e. The highest BCUT2D eigenvalue weighted by Crippen LogP contribution is 2.34. The van der Waals surface area contributed by atoms with E-state index in [9.17, 15) is 9.59 Å². The number of carbonyl (C=O) groups is 1. The average Bonchev–Trinajstić information content (AvgIpc) is 2.59. The number of carbonyl (C=O) groups excluding carboxylic acids is 1. The maximum Gasteiger partial charge on any atom is 0.267 e. The molecule has 1 saturated heterocycles. The van der Waals surface area contributed by atoms with Crippen LogP contribution < -0.4 is 15.0 Å². The van der Waals surface area contributed by atoms with E-state index >= 15 is 0 Å². The van der Waals surface area contributed by atoms with Crippen LogP contribution in [0.1, 0.15) is 12.6 Å². The van der Waals surface area contributed by atoms with Crippen molar-refractivity contribution in [1.29, 1.82) is 0 Å². The number of rotatable bonds is 3. The molecule has 7 heteroatoms. The Kier molecular flexibility index (Phi) is 4.14. The lowest BCUT2D eigenvalue weighted by molar-refractivity contribution is -0.151. The van der Waals surface area contributed by atoms with Crippen molar-refractivity contribution >= 4 is 5.91 Å². The number of aromatic nitrogens is 2. The summed E-state index contributed by atoms with van der Waals surface area (Å²) in [6, 6.07) is 10.6. The van der Waals surface area contributed by atoms with Crippen molar-refractivity contribution in [1.82, 2.24) is 14.7 Å². The molecule has 2 atom stereocenters. The molecule has 0 saturated carbocycles. The zero-order chi connectivity index (χ0) is 18.3. The first kappa shape index (κ1) is 16.6. The van der Waals surface area contributed by atoms with E-state index < -0.39 is 6.10 Å². The van der Waals surface area contributed by atoms with Gasteiger partial charge in [-0.25, -0.2) is 4.68 Å². The van der Waals surface area contributed by atoms with E-state index in [-0.39, 0.29) is 23.5 Å². The molecule has 0 bridgehead atoms. The quantitative estimate of drug-likeness (QED) is 0.828. The van der Waals surface area contributed by atoms with Crippen LogP contribution >= 0.6 is 0 Å². The Hall–Kier alpha value is -2.83. The molecule has 26 heavy (non-hydrogen) atoms. The number of amides is 1. The van der Waals surface area contributed by atoms with Crippen molar-refractivity contribution in [2.75, 3.05) is 13.1 Å². The van der Waals surface area contributed by atoms with Crippen LogP contribution in [0.3, 0.4) is 0 Å². The van der Waals surface area contributed by atoms with Gasteiger partial charge in [-0.1, -0.05) is 12.1 Å². The van der Waals surface area contributed by atoms with Gasteiger partial charge in [-0.15, -0.1) is 0 Å². The number of ether oxygens (including phenoxy) is 2. The minimum atomic E-state index is -0.648. The van der Waals surface area contributed by atoms with Crippen molar-refractivity contribution in [3.63, 3.8) is 0 Å². The zero-order valence-electron chi connectivity index (χ0n) is 14.8. The molecule has 1 aromatic carbocycles. The highest BCUT2D eigenvalue weighted by molar-refractivity contribution is 5.83. The first-order valence-corrected chi connectivity index (χ1v) is 8.77. The third kappa shape index (κ3) is 3.05. The molecule has 7 nitrogen and oxygen atoms in total. The lowest BCUT2D eigenvalue weighted by Crippen LogP contribution is -2.59. The summed E-state index contributed by atoms with van der Waals surface area (Å²) < 4.78 is 13.1. The SMILES string of the molecule is Cc1ccc(=O)n(CC2CN(C(=O)C3Oc4ccccc4OC3C)C2)n1. The first-order valence-electron chi connectivity index (χ1n) is 8.77. The smallest absolute Gasteiger partial charge is 0.267 e. The van der Waals surface area contributed by atoms with Crippen LogP contribution in [0.2, 0.25) is 0 Å². The lowest BCUT2D eigenvalue weighted by Gasteiger charge is -2.42. The van der Waals surface area contributed by atoms with Gasteiger partial charge in [0.15, 0.2) is 11.5 Å². The summed E-state index contributed by atoms with van der Waals surface area (Å²) >= 11 is 0. The molecule has 2 unspecified atom stereocenters. The Balaban J connectivity index is 1.38. The standard InChI is InChI=1S/C19H21N3O4/c1-12-7-8-17(23)22(20-12)11-14-9-21(10-14)19(24)18-13(2)25-15-5-3-4-6-16(15)26-18/h3-8,13-14,18H,9-11H2,1-2H3. The maximum atomic E-state index is 12.8. The Morgan fingerprint density at radius 2 is 1.85 bits per heavy atom. The topological polar surface area (TPSA) is 73.7 Å². The lowest BCUT2D eigenvalue weighted by atomic mass is 9.98. The number of benzene rings is 1. The van der Waals surface area contributed by atoms with Crippen LogP contribution in [0.5, 0.6) is 11.5 Å². The Labute approximate surface area is 151 Å². The molecule has 1 fully saturated rings. The fourth-order valence-electron chi connectivity index (χ4n) is 3.36. The molecule has 4 rings (SSSR count). The number of aryl methyl sites for hydroxylation is 1. The van der Waals surface area contributed by atoms with Crippen LogP contribution in [-0.2, 0) is 11.3 Å². The summed E-state index contributed by atoms with van der Waals surface area (Å²) in [5, 5.41) is 4.25. The van der Waals surface area contributed by atoms with Crippen molar-refractivity contribution in [2.24, 2.45) is 5.92 Å². The van der Waals surface area contributed by atoms with Crippen LogP contribution in [-0.4, -0.2) is 45.9 Å². The average molecular weight is 355 g/mol. The second kappa shape index (κ2) is 6.48. The van der Waals surface area contributed by atoms with E-state index in [0.29, 0.717) is 31.1 Å². The molecule has 0 spiro atoms. The van der Waals surface area contributed by atoms with Gasteiger partial charge in [-0.2, -0.15) is 5.10 Å². The molecule has 1 aromatic heterocycles. The molecular weight excluding hydrogens is 334 g/mol. The van der Waals surface area contributed by atoms with E-state index in [1.165, 1.54) is 10.7 Å². The van der Waals surface area contributed by atoms with Gasteiger partial charge in [0.25, 0.3) is 11.5 Å². The Bertz CT molecular complexity index is 888. The summed E-state index contributed by atoms with van der Waals surface area (Å²) in [5.74, 6) is 1.40. The fraction of sp³-hybridized carbons (Fsp3) is 0.421. The molecule has 3 heterocycles. The third-order valence-electron chi connectivity index (χ3n) is 4.79. The monoisotopic (exact) mass is 355 g/mol. The Morgan fingerprint density at radius 3 is 2.58 bits per heavy atom. The van der Waals surface area contributed by atoms with Crippen molar-refractivity contribution in [3.05, 3.63) is 52.4 Å². The van der Waals surface area contributed by atoms with Crippen LogP contribution in [0, 0.1) is 12.8 Å². The van der Waals surface area contributed by atoms with E-state index in [0.717, 1.165) is 5.69 Å². The molecule has 2 aromatic rings. The van der Waals surface area contributed by atoms with Gasteiger partial charge in [-0.05, 0) is 32.0 Å². The second-order valence-corrected chi connectivity index (χ2v) is 6.91. The number of nitrogens with zero attached hydrogens (tertiary/aromatic N) is 3. The van der Waals surface area contributed by atoms with Crippen molar-refractivity contribution in [2.45, 2.75) is 32.6 Å². The second-order valence-electron chi connectivity index (χ2n) is 6.91. The normalized spacial score (nSPS) is 22.0. The van der Waals surface area contributed by atoms with Crippen LogP contribution in [0.4, 0.5) is 0 Å². The minimum Gasteiger partial charge on any atom is -0.482 e. The van der Waals surface area contributed by atoms with Crippen LogP contribution in [0.25, 0.3) is 0 Å². The number of hydrogen-bond donors (Lipinski definition) is 0. The molecule has 0 radical (unpaired) electrons. The first-order chi connectivity index (χ1) is 12.5. The number of para-hydroxylation sites is 2. The predicted molar refractivity (Wildman–Crippen MR) is 94.3 cm³/mol. The zero-order valence-corrected chi connectivity index (χ0v) is 14.8. The van der Waals surface area contributed by atoms with Crippen molar-refractivity contribution in [3.8, 4) is 11.5 Å². The summed E-state index contributed by atoms with van der Waals surface area (Å²) in [5.41, 5.74) is 0.687.